The molecule has 0 unspecified atom stereocenters. The van der Waals surface area contributed by atoms with E-state index in [1.165, 1.54) is 0 Å². The van der Waals surface area contributed by atoms with Crippen molar-refractivity contribution in [3.8, 4) is 0 Å². The van der Waals surface area contributed by atoms with Gasteiger partial charge in [-0.25, -0.2) is 4.79 Å². The normalized spacial score (nSPS) is 10.6. The number of anilines is 1. The van der Waals surface area contributed by atoms with Crippen molar-refractivity contribution in [3.63, 3.8) is 0 Å². The number of benzene rings is 1. The fraction of sp³-hybridized carbons (Fsp3) is 0.100. The van der Waals surface area contributed by atoms with E-state index in [1.807, 2.05) is 0 Å². The van der Waals surface area contributed by atoms with E-state index in [-0.39, 0.29) is 0 Å². The molecule has 0 radical (unpaired) electrons. The average molecular weight is 244 g/mol. The van der Waals surface area contributed by atoms with Gasteiger partial charge in [0.2, 0.25) is 0 Å². The molecule has 15 heavy (non-hydrogen) atoms. The summed E-state index contributed by atoms with van der Waals surface area (Å²) < 4.78 is 5.06. The second kappa shape index (κ2) is 3.76. The maximum Gasteiger partial charge on any atom is 0.359 e. The summed E-state index contributed by atoms with van der Waals surface area (Å²) in [5.74, 6) is 0. The summed E-state index contributed by atoms with van der Waals surface area (Å²) in [6.07, 6.45) is 0. The van der Waals surface area contributed by atoms with E-state index >= 15 is 0 Å². The van der Waals surface area contributed by atoms with E-state index < -0.39 is 5.63 Å². The van der Waals surface area contributed by atoms with Crippen molar-refractivity contribution in [3.05, 3.63) is 38.7 Å². The fourth-order valence-electron chi connectivity index (χ4n) is 1.31. The first kappa shape index (κ1) is 10.3. The molecule has 2 rings (SSSR count). The van der Waals surface area contributed by atoms with Crippen LogP contribution in [0.25, 0.3) is 11.0 Å². The first-order chi connectivity index (χ1) is 7.13. The van der Waals surface area contributed by atoms with Gasteiger partial charge < -0.3 is 9.73 Å². The molecule has 1 N–H and O–H groups in total. The third-order valence-electron chi connectivity index (χ3n) is 2.07. The summed E-state index contributed by atoms with van der Waals surface area (Å²) in [7, 11) is 1.64. The molecule has 1 aromatic carbocycles. The number of halogens is 2. The lowest BCUT2D eigenvalue weighted by Gasteiger charge is -2.03. The average Bonchev–Trinajstić information content (AvgIpc) is 2.23. The van der Waals surface area contributed by atoms with Crippen LogP contribution in [-0.4, -0.2) is 7.05 Å². The molecule has 0 aliphatic rings. The van der Waals surface area contributed by atoms with Crippen LogP contribution in [0.2, 0.25) is 10.0 Å². The van der Waals surface area contributed by atoms with Crippen LogP contribution in [0.5, 0.6) is 0 Å². The van der Waals surface area contributed by atoms with E-state index in [2.05, 4.69) is 5.32 Å². The molecular formula is C10H7Cl2NO2. The smallest absolute Gasteiger partial charge is 0.359 e. The number of nitrogens with one attached hydrogen (secondary N) is 1. The van der Waals surface area contributed by atoms with Gasteiger partial charge in [-0.2, -0.15) is 0 Å². The Kier molecular flexibility index (Phi) is 2.59. The second-order valence-electron chi connectivity index (χ2n) is 2.97. The summed E-state index contributed by atoms with van der Waals surface area (Å²) >= 11 is 11.8. The van der Waals surface area contributed by atoms with Crippen LogP contribution in [0, 0.1) is 0 Å². The van der Waals surface area contributed by atoms with E-state index in [0.29, 0.717) is 26.7 Å². The third-order valence-corrected chi connectivity index (χ3v) is 2.69. The minimum Gasteiger partial charge on any atom is -0.420 e. The third kappa shape index (κ3) is 1.68. The predicted octanol–water partition coefficient (Wildman–Crippen LogP) is 3.14. The molecule has 0 saturated carbocycles. The van der Waals surface area contributed by atoms with E-state index in [4.69, 9.17) is 27.6 Å². The van der Waals surface area contributed by atoms with E-state index in [9.17, 15) is 4.79 Å². The van der Waals surface area contributed by atoms with Gasteiger partial charge in [0.1, 0.15) is 5.69 Å². The maximum absolute atomic E-state index is 11.4. The lowest BCUT2D eigenvalue weighted by Crippen LogP contribution is -2.06. The zero-order valence-corrected chi connectivity index (χ0v) is 9.32. The molecule has 2 aromatic rings. The van der Waals surface area contributed by atoms with Gasteiger partial charge in [-0.1, -0.05) is 23.2 Å². The van der Waals surface area contributed by atoms with Crippen molar-refractivity contribution >= 4 is 39.9 Å². The van der Waals surface area contributed by atoms with Gasteiger partial charge in [0.05, 0.1) is 10.0 Å². The highest BCUT2D eigenvalue weighted by Crippen LogP contribution is 2.29. The lowest BCUT2D eigenvalue weighted by molar-refractivity contribution is 0.564. The minimum absolute atomic E-state index is 0.313. The highest BCUT2D eigenvalue weighted by atomic mass is 35.5. The Morgan fingerprint density at radius 1 is 1.27 bits per heavy atom. The molecule has 0 bridgehead atoms. The van der Waals surface area contributed by atoms with Crippen molar-refractivity contribution in [2.45, 2.75) is 0 Å². The molecular weight excluding hydrogens is 237 g/mol. The molecule has 0 aliphatic heterocycles. The van der Waals surface area contributed by atoms with Gasteiger partial charge in [-0.05, 0) is 18.2 Å². The second-order valence-corrected chi connectivity index (χ2v) is 3.78. The van der Waals surface area contributed by atoms with Crippen LogP contribution in [-0.2, 0) is 0 Å². The van der Waals surface area contributed by atoms with Gasteiger partial charge in [-0.15, -0.1) is 0 Å². The van der Waals surface area contributed by atoms with Gasteiger partial charge in [-0.3, -0.25) is 0 Å². The minimum atomic E-state index is -0.464. The fourth-order valence-corrected chi connectivity index (χ4v) is 1.72. The molecule has 0 saturated heterocycles. The first-order valence-electron chi connectivity index (χ1n) is 4.23. The molecule has 0 fully saturated rings. The molecule has 1 heterocycles. The predicted molar refractivity (Wildman–Crippen MR) is 62.1 cm³/mol. The Balaban J connectivity index is 2.92. The molecule has 0 atom stereocenters. The Bertz CT molecular complexity index is 577. The highest BCUT2D eigenvalue weighted by molar-refractivity contribution is 6.39. The molecule has 0 aliphatic carbocycles. The van der Waals surface area contributed by atoms with Crippen molar-refractivity contribution < 1.29 is 4.42 Å². The zero-order chi connectivity index (χ0) is 11.0. The lowest BCUT2D eigenvalue weighted by atomic mass is 10.2. The van der Waals surface area contributed by atoms with Crippen molar-refractivity contribution in [2.75, 3.05) is 12.4 Å². The van der Waals surface area contributed by atoms with Crippen LogP contribution in [0.15, 0.2) is 27.4 Å². The number of rotatable bonds is 1. The van der Waals surface area contributed by atoms with Gasteiger partial charge in [0, 0.05) is 12.4 Å². The van der Waals surface area contributed by atoms with Crippen molar-refractivity contribution in [1.82, 2.24) is 0 Å². The zero-order valence-electron chi connectivity index (χ0n) is 7.80. The van der Waals surface area contributed by atoms with E-state index in [1.54, 1.807) is 25.2 Å². The van der Waals surface area contributed by atoms with Crippen molar-refractivity contribution in [2.24, 2.45) is 0 Å². The quantitative estimate of drug-likeness (QED) is 0.783. The van der Waals surface area contributed by atoms with Gasteiger partial charge in [0.15, 0.2) is 5.58 Å². The Morgan fingerprint density at radius 3 is 2.60 bits per heavy atom. The highest BCUT2D eigenvalue weighted by Gasteiger charge is 2.09. The largest absolute Gasteiger partial charge is 0.420 e. The van der Waals surface area contributed by atoms with Crippen LogP contribution >= 0.6 is 23.2 Å². The molecule has 78 valence electrons. The standard InChI is InChI=1S/C10H7Cl2NO2/c1-13-8-4-5-6(11)2-3-7(12)9(5)15-10(8)14/h2-4,13H,1H3. The molecule has 1 aromatic heterocycles. The summed E-state index contributed by atoms with van der Waals surface area (Å²) in [6, 6.07) is 4.87. The van der Waals surface area contributed by atoms with Crippen LogP contribution in [0.3, 0.4) is 0 Å². The monoisotopic (exact) mass is 243 g/mol. The molecule has 3 nitrogen and oxygen atoms in total. The Morgan fingerprint density at radius 2 is 1.93 bits per heavy atom. The summed E-state index contributed by atoms with van der Waals surface area (Å²) in [4.78, 5) is 11.4. The number of hydrogen-bond donors (Lipinski definition) is 1. The topological polar surface area (TPSA) is 42.2 Å². The van der Waals surface area contributed by atoms with Crippen LogP contribution in [0.1, 0.15) is 0 Å². The number of fused-ring (bicyclic) bond motifs is 1. The molecule has 0 spiro atoms. The van der Waals surface area contributed by atoms with E-state index in [0.717, 1.165) is 0 Å². The number of hydrogen-bond acceptors (Lipinski definition) is 3. The summed E-state index contributed by atoms with van der Waals surface area (Å²) in [6.45, 7) is 0. The Hall–Kier alpha value is -1.19. The SMILES string of the molecule is CNc1cc2c(Cl)ccc(Cl)c2oc1=O. The maximum atomic E-state index is 11.4. The molecule has 0 amide bonds. The van der Waals surface area contributed by atoms with Gasteiger partial charge in [0.25, 0.3) is 0 Å². The van der Waals surface area contributed by atoms with Crippen molar-refractivity contribution in [1.29, 1.82) is 0 Å². The van der Waals surface area contributed by atoms with Crippen LogP contribution in [0.4, 0.5) is 5.69 Å². The van der Waals surface area contributed by atoms with Gasteiger partial charge >= 0.3 is 5.63 Å². The summed E-state index contributed by atoms with van der Waals surface area (Å²) in [5, 5.41) is 4.21. The Labute approximate surface area is 95.6 Å². The first-order valence-corrected chi connectivity index (χ1v) is 4.98. The summed E-state index contributed by atoms with van der Waals surface area (Å²) in [5.41, 5.74) is 0.203. The van der Waals surface area contributed by atoms with Crippen LogP contribution < -0.4 is 10.9 Å². The molecule has 5 heteroatoms.